The van der Waals surface area contributed by atoms with Crippen LogP contribution in [-0.2, 0) is 19.4 Å². The number of phenols is 1. The van der Waals surface area contributed by atoms with Crippen LogP contribution in [0.5, 0.6) is 5.75 Å². The number of hydrogen-bond donors (Lipinski definition) is 2. The largest absolute Gasteiger partial charge is 0.506 e. The minimum Gasteiger partial charge on any atom is -0.506 e. The van der Waals surface area contributed by atoms with Crippen LogP contribution >= 0.6 is 15.9 Å². The van der Waals surface area contributed by atoms with Crippen LogP contribution in [0.3, 0.4) is 0 Å². The Balaban J connectivity index is 1.64. The molecule has 2 aromatic carbocycles. The first-order chi connectivity index (χ1) is 9.74. The molecule has 1 atom stereocenters. The zero-order chi connectivity index (χ0) is 13.9. The summed E-state index contributed by atoms with van der Waals surface area (Å²) < 4.78 is 0.755. The third-order valence-corrected chi connectivity index (χ3v) is 4.64. The molecule has 2 N–H and O–H groups in total. The van der Waals surface area contributed by atoms with E-state index in [4.69, 9.17) is 0 Å². The Kier molecular flexibility index (Phi) is 4.08. The van der Waals surface area contributed by atoms with Crippen LogP contribution in [-0.4, -0.2) is 11.1 Å². The summed E-state index contributed by atoms with van der Waals surface area (Å²) in [6.45, 7) is 0.706. The van der Waals surface area contributed by atoms with Crippen LogP contribution < -0.4 is 5.32 Å². The quantitative estimate of drug-likeness (QED) is 0.896. The smallest absolute Gasteiger partial charge is 0.134 e. The molecule has 0 amide bonds. The summed E-state index contributed by atoms with van der Waals surface area (Å²) in [6, 6.07) is 14.9. The molecule has 0 saturated heterocycles. The minimum absolute atomic E-state index is 0.344. The molecule has 0 radical (unpaired) electrons. The highest BCUT2D eigenvalue weighted by Crippen LogP contribution is 2.28. The minimum atomic E-state index is 0.344. The molecule has 1 aliphatic rings. The van der Waals surface area contributed by atoms with E-state index in [9.17, 15) is 5.11 Å². The summed E-state index contributed by atoms with van der Waals surface area (Å²) in [5.74, 6) is 0.344. The number of fused-ring (bicyclic) bond motifs is 1. The lowest BCUT2D eigenvalue weighted by atomic mass is 9.88. The Morgan fingerprint density at radius 3 is 2.75 bits per heavy atom. The van der Waals surface area contributed by atoms with E-state index in [0.29, 0.717) is 18.3 Å². The molecule has 2 nitrogen and oxygen atoms in total. The lowest BCUT2D eigenvalue weighted by Crippen LogP contribution is -2.34. The normalized spacial score (nSPS) is 17.8. The van der Waals surface area contributed by atoms with Gasteiger partial charge in [-0.1, -0.05) is 36.4 Å². The first kappa shape index (κ1) is 13.7. The highest BCUT2D eigenvalue weighted by atomic mass is 79.9. The number of benzene rings is 2. The molecule has 3 heteroatoms. The third kappa shape index (κ3) is 2.89. The summed E-state index contributed by atoms with van der Waals surface area (Å²) in [5, 5.41) is 13.6. The predicted molar refractivity (Wildman–Crippen MR) is 84.9 cm³/mol. The van der Waals surface area contributed by atoms with Gasteiger partial charge in [0.05, 0.1) is 4.47 Å². The Bertz CT molecular complexity index is 612. The molecule has 0 saturated carbocycles. The van der Waals surface area contributed by atoms with E-state index >= 15 is 0 Å². The first-order valence-electron chi connectivity index (χ1n) is 7.00. The fourth-order valence-electron chi connectivity index (χ4n) is 2.83. The van der Waals surface area contributed by atoms with Gasteiger partial charge in [0, 0.05) is 18.2 Å². The van der Waals surface area contributed by atoms with Gasteiger partial charge < -0.3 is 10.4 Å². The van der Waals surface area contributed by atoms with Gasteiger partial charge in [-0.3, -0.25) is 0 Å². The molecule has 104 valence electrons. The second-order valence-corrected chi connectivity index (χ2v) is 6.19. The standard InChI is InChI=1S/C17H18BrNO/c18-16-7-3-6-14(17(16)20)11-19-15-9-8-12-4-1-2-5-13(12)10-15/h1-7,15,19-20H,8-11H2. The van der Waals surface area contributed by atoms with Crippen LogP contribution in [0.1, 0.15) is 23.1 Å². The van der Waals surface area contributed by atoms with Crippen molar-refractivity contribution in [3.8, 4) is 5.75 Å². The highest BCUT2D eigenvalue weighted by Gasteiger charge is 2.18. The van der Waals surface area contributed by atoms with Crippen LogP contribution in [0.4, 0.5) is 0 Å². The lowest BCUT2D eigenvalue weighted by molar-refractivity contribution is 0.435. The molecule has 0 heterocycles. The van der Waals surface area contributed by atoms with Crippen molar-refractivity contribution in [1.82, 2.24) is 5.32 Å². The Morgan fingerprint density at radius 1 is 1.10 bits per heavy atom. The number of hydrogen-bond acceptors (Lipinski definition) is 2. The third-order valence-electron chi connectivity index (χ3n) is 4.00. The van der Waals surface area contributed by atoms with Crippen molar-refractivity contribution in [2.24, 2.45) is 0 Å². The number of nitrogens with one attached hydrogen (secondary N) is 1. The second kappa shape index (κ2) is 5.98. The molecule has 2 aromatic rings. The zero-order valence-electron chi connectivity index (χ0n) is 11.3. The van der Waals surface area contributed by atoms with E-state index < -0.39 is 0 Å². The summed E-state index contributed by atoms with van der Waals surface area (Å²) in [4.78, 5) is 0. The number of rotatable bonds is 3. The average Bonchev–Trinajstić information content (AvgIpc) is 2.48. The summed E-state index contributed by atoms with van der Waals surface area (Å²) in [7, 11) is 0. The molecule has 20 heavy (non-hydrogen) atoms. The van der Waals surface area contributed by atoms with Crippen LogP contribution in [0.2, 0.25) is 0 Å². The fourth-order valence-corrected chi connectivity index (χ4v) is 3.24. The second-order valence-electron chi connectivity index (χ2n) is 5.34. The molecule has 1 unspecified atom stereocenters. The number of aromatic hydroxyl groups is 1. The summed E-state index contributed by atoms with van der Waals surface area (Å²) in [5.41, 5.74) is 3.88. The van der Waals surface area contributed by atoms with Crippen molar-refractivity contribution in [3.05, 3.63) is 63.6 Å². The molecule has 0 bridgehead atoms. The van der Waals surface area contributed by atoms with E-state index in [1.165, 1.54) is 11.1 Å². The van der Waals surface area contributed by atoms with Crippen molar-refractivity contribution in [2.75, 3.05) is 0 Å². The van der Waals surface area contributed by atoms with Crippen LogP contribution in [0.25, 0.3) is 0 Å². The van der Waals surface area contributed by atoms with Crippen LogP contribution in [0.15, 0.2) is 46.9 Å². The lowest BCUT2D eigenvalue weighted by Gasteiger charge is -2.25. The SMILES string of the molecule is Oc1c(Br)cccc1CNC1CCc2ccccc2C1. The maximum atomic E-state index is 10.00. The molecule has 0 aliphatic heterocycles. The molecule has 0 fully saturated rings. The van der Waals surface area contributed by atoms with E-state index in [-0.39, 0.29) is 0 Å². The van der Waals surface area contributed by atoms with E-state index in [2.05, 4.69) is 45.5 Å². The van der Waals surface area contributed by atoms with E-state index in [1.54, 1.807) is 0 Å². The van der Waals surface area contributed by atoms with Gasteiger partial charge in [-0.2, -0.15) is 0 Å². The van der Waals surface area contributed by atoms with Gasteiger partial charge in [0.1, 0.15) is 5.75 Å². The van der Waals surface area contributed by atoms with Crippen molar-refractivity contribution in [1.29, 1.82) is 0 Å². The van der Waals surface area contributed by atoms with Crippen LogP contribution in [0, 0.1) is 0 Å². The molecule has 0 aromatic heterocycles. The van der Waals surface area contributed by atoms with Crippen molar-refractivity contribution in [3.63, 3.8) is 0 Å². The molecule has 1 aliphatic carbocycles. The summed E-state index contributed by atoms with van der Waals surface area (Å²) >= 11 is 3.36. The Morgan fingerprint density at radius 2 is 1.90 bits per heavy atom. The molecule has 0 spiro atoms. The van der Waals surface area contributed by atoms with Crippen molar-refractivity contribution < 1.29 is 5.11 Å². The van der Waals surface area contributed by atoms with E-state index in [1.807, 2.05) is 18.2 Å². The molecular weight excluding hydrogens is 314 g/mol. The van der Waals surface area contributed by atoms with Gasteiger partial charge in [-0.15, -0.1) is 0 Å². The summed E-state index contributed by atoms with van der Waals surface area (Å²) in [6.07, 6.45) is 3.37. The fraction of sp³-hybridized carbons (Fsp3) is 0.294. The van der Waals surface area contributed by atoms with Gasteiger partial charge in [0.2, 0.25) is 0 Å². The van der Waals surface area contributed by atoms with E-state index in [0.717, 1.165) is 29.3 Å². The number of para-hydroxylation sites is 1. The monoisotopic (exact) mass is 331 g/mol. The zero-order valence-corrected chi connectivity index (χ0v) is 12.9. The van der Waals surface area contributed by atoms with Gasteiger partial charge in [0.15, 0.2) is 0 Å². The molecule has 3 rings (SSSR count). The number of aryl methyl sites for hydroxylation is 1. The number of phenolic OH excluding ortho intramolecular Hbond substituents is 1. The van der Waals surface area contributed by atoms with Gasteiger partial charge in [-0.25, -0.2) is 0 Å². The topological polar surface area (TPSA) is 32.3 Å². The highest BCUT2D eigenvalue weighted by molar-refractivity contribution is 9.10. The first-order valence-corrected chi connectivity index (χ1v) is 7.80. The van der Waals surface area contributed by atoms with Gasteiger partial charge >= 0.3 is 0 Å². The Labute approximate surface area is 128 Å². The maximum Gasteiger partial charge on any atom is 0.134 e. The van der Waals surface area contributed by atoms with Crippen molar-refractivity contribution >= 4 is 15.9 Å². The predicted octanol–water partition coefficient (Wildman–Crippen LogP) is 3.80. The van der Waals surface area contributed by atoms with Crippen molar-refractivity contribution in [2.45, 2.75) is 31.8 Å². The molecular formula is C17H18BrNO. The maximum absolute atomic E-state index is 10.00. The van der Waals surface area contributed by atoms with Gasteiger partial charge in [-0.05, 0) is 52.4 Å². The van der Waals surface area contributed by atoms with Gasteiger partial charge in [0.25, 0.3) is 0 Å². The number of halogens is 1. The average molecular weight is 332 g/mol. The Hall–Kier alpha value is -1.32.